The maximum absolute atomic E-state index is 10.8. The van der Waals surface area contributed by atoms with E-state index in [2.05, 4.69) is 0 Å². The van der Waals surface area contributed by atoms with Crippen LogP contribution in [0.25, 0.3) is 0 Å². The average Bonchev–Trinajstić information content (AvgIpc) is 2.50. The highest BCUT2D eigenvalue weighted by atomic mass is 16.5. The molecule has 0 aromatic heterocycles. The Kier molecular flexibility index (Phi) is 4.15. The van der Waals surface area contributed by atoms with Crippen LogP contribution in [0.2, 0.25) is 0 Å². The Morgan fingerprint density at radius 2 is 1.75 bits per heavy atom. The molecular formula is C16H14O4. The smallest absolute Gasteiger partial charge is 0.311 e. The zero-order valence-corrected chi connectivity index (χ0v) is 11.0. The molecular weight excluding hydrogens is 256 g/mol. The van der Waals surface area contributed by atoms with Crippen LogP contribution in [0.4, 0.5) is 0 Å². The van der Waals surface area contributed by atoms with Gasteiger partial charge in [-0.25, -0.2) is 0 Å². The number of phenols is 1. The molecule has 0 saturated carbocycles. The number of carbonyl (C=O) groups is 2. The van der Waals surface area contributed by atoms with Crippen LogP contribution in [0.5, 0.6) is 11.5 Å². The minimum Gasteiger partial charge on any atom is -0.504 e. The zero-order valence-electron chi connectivity index (χ0n) is 11.0. The zero-order chi connectivity index (χ0) is 14.5. The molecule has 2 aliphatic carbocycles. The van der Waals surface area contributed by atoms with Crippen molar-refractivity contribution in [3.05, 3.63) is 59.7 Å². The number of fused-ring (bicyclic) bond motifs is 2. The maximum Gasteiger partial charge on any atom is 0.311 e. The van der Waals surface area contributed by atoms with Crippen LogP contribution in [0, 0.1) is 0 Å². The van der Waals surface area contributed by atoms with Crippen LogP contribution in [0.3, 0.4) is 0 Å². The number of rotatable bonds is 2. The van der Waals surface area contributed by atoms with Crippen LogP contribution in [-0.2, 0) is 4.79 Å². The minimum absolute atomic E-state index is 0.0145. The number of benzene rings is 2. The topological polar surface area (TPSA) is 63.6 Å². The number of para-hydroxylation sites is 2. The number of carbonyl (C=O) groups excluding carboxylic acids is 2. The lowest BCUT2D eigenvalue weighted by Gasteiger charge is -2.10. The number of ether oxygens (including phenoxy) is 1. The highest BCUT2D eigenvalue weighted by Gasteiger charge is 2.17. The predicted molar refractivity (Wildman–Crippen MR) is 73.9 cm³/mol. The van der Waals surface area contributed by atoms with Crippen molar-refractivity contribution in [1.29, 1.82) is 0 Å². The Labute approximate surface area is 116 Å². The van der Waals surface area contributed by atoms with Crippen molar-refractivity contribution < 1.29 is 19.4 Å². The Hall–Kier alpha value is -2.62. The van der Waals surface area contributed by atoms with Gasteiger partial charge in [0, 0.05) is 17.5 Å². The second kappa shape index (κ2) is 6.02. The molecule has 0 heterocycles. The highest BCUT2D eigenvalue weighted by Crippen LogP contribution is 2.24. The first-order chi connectivity index (χ1) is 9.61. The van der Waals surface area contributed by atoms with Crippen molar-refractivity contribution in [1.82, 2.24) is 0 Å². The van der Waals surface area contributed by atoms with E-state index in [1.54, 1.807) is 25.1 Å². The monoisotopic (exact) mass is 270 g/mol. The predicted octanol–water partition coefficient (Wildman–Crippen LogP) is 2.94. The summed E-state index contributed by atoms with van der Waals surface area (Å²) in [5.74, 6) is 0.0488. The molecule has 4 nitrogen and oxygen atoms in total. The summed E-state index contributed by atoms with van der Waals surface area (Å²) in [6.45, 7) is 1.70. The molecule has 2 bridgehead atoms. The van der Waals surface area contributed by atoms with Gasteiger partial charge in [-0.05, 0) is 18.2 Å². The van der Waals surface area contributed by atoms with E-state index in [4.69, 9.17) is 4.74 Å². The van der Waals surface area contributed by atoms with E-state index in [0.717, 1.165) is 11.1 Å². The highest BCUT2D eigenvalue weighted by molar-refractivity contribution is 6.16. The molecule has 0 amide bonds. The molecule has 2 aromatic carbocycles. The number of esters is 1. The van der Waals surface area contributed by atoms with Crippen LogP contribution < -0.4 is 4.74 Å². The molecule has 0 atom stereocenters. The molecule has 4 rings (SSSR count). The third kappa shape index (κ3) is 3.03. The van der Waals surface area contributed by atoms with Crippen molar-refractivity contribution in [2.45, 2.75) is 13.3 Å². The third-order valence-electron chi connectivity index (χ3n) is 2.76. The van der Waals surface area contributed by atoms with Crippen molar-refractivity contribution in [2.24, 2.45) is 0 Å². The standard InChI is InChI=1S/C9H10O3.C7H4O/c1-2-9(11)12-8-6-4-3-5-7(8)10;8-7-5-2-1-3-6(7)4-5/h3-6,10H,2H2,1H3;1-4H. The lowest BCUT2D eigenvalue weighted by atomic mass is 9.92. The minimum atomic E-state index is -0.350. The average molecular weight is 270 g/mol. The molecule has 0 radical (unpaired) electrons. The second-order valence-electron chi connectivity index (χ2n) is 4.21. The molecule has 0 unspecified atom stereocenters. The van der Waals surface area contributed by atoms with Crippen LogP contribution in [-0.4, -0.2) is 16.9 Å². The summed E-state index contributed by atoms with van der Waals surface area (Å²) in [6, 6.07) is 13.8. The Morgan fingerprint density at radius 1 is 1.10 bits per heavy atom. The van der Waals surface area contributed by atoms with E-state index in [1.165, 1.54) is 6.07 Å². The van der Waals surface area contributed by atoms with E-state index >= 15 is 0 Å². The summed E-state index contributed by atoms with van der Waals surface area (Å²) in [4.78, 5) is 21.5. The van der Waals surface area contributed by atoms with Gasteiger partial charge >= 0.3 is 5.97 Å². The fraction of sp³-hybridized carbons (Fsp3) is 0.125. The first kappa shape index (κ1) is 13.8. The van der Waals surface area contributed by atoms with Gasteiger partial charge < -0.3 is 9.84 Å². The summed E-state index contributed by atoms with van der Waals surface area (Å²) in [6.07, 6.45) is 0.300. The summed E-state index contributed by atoms with van der Waals surface area (Å²) in [5, 5.41) is 9.18. The Balaban J connectivity index is 0.000000157. The molecule has 0 saturated heterocycles. The maximum atomic E-state index is 10.8. The first-order valence-electron chi connectivity index (χ1n) is 6.25. The largest absolute Gasteiger partial charge is 0.504 e. The van der Waals surface area contributed by atoms with Gasteiger partial charge in [-0.15, -0.1) is 0 Å². The first-order valence-corrected chi connectivity index (χ1v) is 6.25. The number of ketones is 1. The van der Waals surface area contributed by atoms with Crippen LogP contribution in [0.15, 0.2) is 48.5 Å². The molecule has 0 aliphatic heterocycles. The molecule has 2 aromatic rings. The van der Waals surface area contributed by atoms with Gasteiger partial charge in [-0.3, -0.25) is 9.59 Å². The van der Waals surface area contributed by atoms with Gasteiger partial charge in [-0.2, -0.15) is 0 Å². The normalized spacial score (nSPS) is 10.9. The summed E-state index contributed by atoms with van der Waals surface area (Å²) in [7, 11) is 0. The molecule has 2 aliphatic rings. The summed E-state index contributed by atoms with van der Waals surface area (Å²) >= 11 is 0. The van der Waals surface area contributed by atoms with Gasteiger partial charge in [-0.1, -0.05) is 37.3 Å². The summed E-state index contributed by atoms with van der Waals surface area (Å²) < 4.78 is 4.81. The quantitative estimate of drug-likeness (QED) is 0.574. The fourth-order valence-corrected chi connectivity index (χ4v) is 1.63. The van der Waals surface area contributed by atoms with E-state index in [9.17, 15) is 14.7 Å². The van der Waals surface area contributed by atoms with E-state index in [-0.39, 0.29) is 23.3 Å². The molecule has 0 spiro atoms. The van der Waals surface area contributed by atoms with Gasteiger partial charge in [0.2, 0.25) is 0 Å². The number of aromatic hydroxyl groups is 1. The SMILES string of the molecule is CCC(=O)Oc1ccccc1O.O=C1c2cccc1c2. The van der Waals surface area contributed by atoms with E-state index in [1.807, 2.05) is 24.3 Å². The van der Waals surface area contributed by atoms with Gasteiger partial charge in [0.05, 0.1) is 0 Å². The number of hydrogen-bond acceptors (Lipinski definition) is 4. The molecule has 20 heavy (non-hydrogen) atoms. The van der Waals surface area contributed by atoms with Gasteiger partial charge in [0.25, 0.3) is 0 Å². The number of phenolic OH excluding ortho intramolecular Hbond substituents is 1. The van der Waals surface area contributed by atoms with E-state index < -0.39 is 0 Å². The van der Waals surface area contributed by atoms with Gasteiger partial charge in [0.1, 0.15) is 0 Å². The third-order valence-corrected chi connectivity index (χ3v) is 2.76. The summed E-state index contributed by atoms with van der Waals surface area (Å²) in [5.41, 5.74) is 1.70. The van der Waals surface area contributed by atoms with Crippen molar-refractivity contribution >= 4 is 11.8 Å². The number of hydrogen-bond donors (Lipinski definition) is 1. The van der Waals surface area contributed by atoms with Crippen LogP contribution in [0.1, 0.15) is 29.3 Å². The Bertz CT molecular complexity index is 618. The lowest BCUT2D eigenvalue weighted by Crippen LogP contribution is -2.10. The van der Waals surface area contributed by atoms with Crippen molar-refractivity contribution in [3.8, 4) is 11.5 Å². The molecule has 102 valence electrons. The fourth-order valence-electron chi connectivity index (χ4n) is 1.63. The van der Waals surface area contributed by atoms with Gasteiger partial charge in [0.15, 0.2) is 17.3 Å². The molecule has 4 heteroatoms. The van der Waals surface area contributed by atoms with E-state index in [0.29, 0.717) is 6.42 Å². The van der Waals surface area contributed by atoms with Crippen molar-refractivity contribution in [2.75, 3.05) is 0 Å². The molecule has 0 fully saturated rings. The van der Waals surface area contributed by atoms with Crippen LogP contribution >= 0.6 is 0 Å². The second-order valence-corrected chi connectivity index (χ2v) is 4.21. The molecule has 1 N–H and O–H groups in total. The lowest BCUT2D eigenvalue weighted by molar-refractivity contribution is -0.134. The van der Waals surface area contributed by atoms with Crippen molar-refractivity contribution in [3.63, 3.8) is 0 Å². The Morgan fingerprint density at radius 3 is 2.20 bits per heavy atom.